The van der Waals surface area contributed by atoms with E-state index in [1.807, 2.05) is 29.8 Å². The fourth-order valence-electron chi connectivity index (χ4n) is 1.89. The van der Waals surface area contributed by atoms with Gasteiger partial charge in [0, 0.05) is 23.3 Å². The van der Waals surface area contributed by atoms with Crippen molar-refractivity contribution in [2.24, 2.45) is 0 Å². The van der Waals surface area contributed by atoms with E-state index in [0.717, 1.165) is 22.2 Å². The van der Waals surface area contributed by atoms with Gasteiger partial charge in [0.05, 0.1) is 6.04 Å². The summed E-state index contributed by atoms with van der Waals surface area (Å²) in [4.78, 5) is 4.30. The fourth-order valence-corrected chi connectivity index (χ4v) is 2.54. The van der Waals surface area contributed by atoms with E-state index in [2.05, 4.69) is 17.2 Å². The summed E-state index contributed by atoms with van der Waals surface area (Å²) >= 11 is 1.65. The van der Waals surface area contributed by atoms with Crippen molar-refractivity contribution in [3.8, 4) is 11.5 Å². The molecule has 1 N–H and O–H groups in total. The number of hydrogen-bond donors (Lipinski definition) is 1. The van der Waals surface area contributed by atoms with E-state index >= 15 is 0 Å². The Hall–Kier alpha value is -1.75. The lowest BCUT2D eigenvalue weighted by atomic mass is 10.2. The third-order valence-corrected chi connectivity index (χ3v) is 3.71. The highest BCUT2D eigenvalue weighted by atomic mass is 32.1. The summed E-state index contributed by atoms with van der Waals surface area (Å²) in [5.74, 6) is 1.62. The van der Waals surface area contributed by atoms with Crippen LogP contribution in [0.4, 0.5) is 5.69 Å². The summed E-state index contributed by atoms with van der Waals surface area (Å²) in [6.45, 7) is 3.32. The second-order valence-corrected chi connectivity index (χ2v) is 5.02. The van der Waals surface area contributed by atoms with E-state index in [4.69, 9.17) is 9.47 Å². The smallest absolute Gasteiger partial charge is 0.163 e. The van der Waals surface area contributed by atoms with Crippen LogP contribution in [0.2, 0.25) is 0 Å². The van der Waals surface area contributed by atoms with Crippen LogP contribution >= 0.6 is 11.3 Å². The molecular formula is C13H14N2O2S. The average Bonchev–Trinajstić information content (AvgIpc) is 2.92. The predicted octanol–water partition coefficient (Wildman–Crippen LogP) is 3.09. The Kier molecular flexibility index (Phi) is 3.06. The number of benzene rings is 1. The van der Waals surface area contributed by atoms with Crippen LogP contribution in [0.1, 0.15) is 18.0 Å². The lowest BCUT2D eigenvalue weighted by molar-refractivity contribution is 0.171. The van der Waals surface area contributed by atoms with E-state index in [1.54, 1.807) is 11.3 Å². The Morgan fingerprint density at radius 1 is 1.28 bits per heavy atom. The highest BCUT2D eigenvalue weighted by molar-refractivity contribution is 7.09. The van der Waals surface area contributed by atoms with Gasteiger partial charge in [0.1, 0.15) is 18.2 Å². The van der Waals surface area contributed by atoms with E-state index in [0.29, 0.717) is 13.2 Å². The van der Waals surface area contributed by atoms with Crippen molar-refractivity contribution in [3.05, 3.63) is 34.8 Å². The molecule has 1 aromatic heterocycles. The number of nitrogens with one attached hydrogen (secondary N) is 1. The highest BCUT2D eigenvalue weighted by Crippen LogP contribution is 2.33. The molecule has 0 saturated carbocycles. The van der Waals surface area contributed by atoms with Crippen molar-refractivity contribution in [2.75, 3.05) is 18.5 Å². The van der Waals surface area contributed by atoms with Crippen LogP contribution in [0.5, 0.6) is 11.5 Å². The highest BCUT2D eigenvalue weighted by Gasteiger charge is 2.13. The number of hydrogen-bond acceptors (Lipinski definition) is 5. The van der Waals surface area contributed by atoms with Crippen LogP contribution in [0, 0.1) is 0 Å². The van der Waals surface area contributed by atoms with Crippen molar-refractivity contribution in [2.45, 2.75) is 13.0 Å². The van der Waals surface area contributed by atoms with Crippen LogP contribution < -0.4 is 14.8 Å². The van der Waals surface area contributed by atoms with Crippen LogP contribution in [-0.2, 0) is 0 Å². The fraction of sp³-hybridized carbons (Fsp3) is 0.308. The summed E-state index contributed by atoms with van der Waals surface area (Å²) in [6.07, 6.45) is 1.82. The first-order valence-corrected chi connectivity index (χ1v) is 6.76. The van der Waals surface area contributed by atoms with Gasteiger partial charge in [0.25, 0.3) is 0 Å². The molecule has 0 aliphatic carbocycles. The third-order valence-electron chi connectivity index (χ3n) is 2.75. The summed E-state index contributed by atoms with van der Waals surface area (Å²) in [5.41, 5.74) is 1.02. The van der Waals surface area contributed by atoms with Gasteiger partial charge in [0.2, 0.25) is 0 Å². The first-order chi connectivity index (χ1) is 8.83. The molecule has 0 fully saturated rings. The normalized spacial score (nSPS) is 15.2. The summed E-state index contributed by atoms with van der Waals surface area (Å²) < 4.78 is 11.1. The van der Waals surface area contributed by atoms with Gasteiger partial charge >= 0.3 is 0 Å². The molecule has 1 aliphatic rings. The van der Waals surface area contributed by atoms with Crippen molar-refractivity contribution in [1.82, 2.24) is 4.98 Å². The van der Waals surface area contributed by atoms with Crippen molar-refractivity contribution in [1.29, 1.82) is 0 Å². The Morgan fingerprint density at radius 2 is 2.11 bits per heavy atom. The van der Waals surface area contributed by atoms with Gasteiger partial charge in [-0.3, -0.25) is 0 Å². The quantitative estimate of drug-likeness (QED) is 0.923. The summed E-state index contributed by atoms with van der Waals surface area (Å²) in [5, 5.41) is 6.46. The first kappa shape index (κ1) is 11.3. The zero-order valence-corrected chi connectivity index (χ0v) is 10.9. The van der Waals surface area contributed by atoms with E-state index < -0.39 is 0 Å². The van der Waals surface area contributed by atoms with Gasteiger partial charge in [-0.05, 0) is 19.1 Å². The van der Waals surface area contributed by atoms with Gasteiger partial charge in [-0.2, -0.15) is 0 Å². The molecule has 3 rings (SSSR count). The van der Waals surface area contributed by atoms with Gasteiger partial charge in [0.15, 0.2) is 11.5 Å². The number of thiazole rings is 1. The molecule has 5 heteroatoms. The van der Waals surface area contributed by atoms with Gasteiger partial charge < -0.3 is 14.8 Å². The van der Waals surface area contributed by atoms with Crippen LogP contribution in [0.25, 0.3) is 0 Å². The Bertz CT molecular complexity index is 528. The molecular weight excluding hydrogens is 248 g/mol. The molecule has 0 spiro atoms. The molecule has 1 aromatic carbocycles. The molecule has 0 radical (unpaired) electrons. The van der Waals surface area contributed by atoms with Crippen LogP contribution in [0.15, 0.2) is 29.8 Å². The molecule has 1 atom stereocenters. The molecule has 1 aliphatic heterocycles. The van der Waals surface area contributed by atoms with Crippen LogP contribution in [0.3, 0.4) is 0 Å². The van der Waals surface area contributed by atoms with Crippen molar-refractivity contribution in [3.63, 3.8) is 0 Å². The minimum Gasteiger partial charge on any atom is -0.486 e. The minimum atomic E-state index is 0.188. The molecule has 0 amide bonds. The SMILES string of the molecule is CC(Nc1ccc2c(c1)OCCO2)c1nccs1. The Balaban J connectivity index is 1.77. The largest absolute Gasteiger partial charge is 0.486 e. The van der Waals surface area contributed by atoms with Gasteiger partial charge in [-0.15, -0.1) is 11.3 Å². The minimum absolute atomic E-state index is 0.188. The number of rotatable bonds is 3. The lowest BCUT2D eigenvalue weighted by Gasteiger charge is -2.20. The first-order valence-electron chi connectivity index (χ1n) is 5.88. The van der Waals surface area contributed by atoms with Gasteiger partial charge in [-0.25, -0.2) is 4.98 Å². The molecule has 94 valence electrons. The maximum absolute atomic E-state index is 5.56. The zero-order chi connectivity index (χ0) is 12.4. The maximum Gasteiger partial charge on any atom is 0.163 e. The standard InChI is InChI=1S/C13H14N2O2S/c1-9(13-14-4-7-18-13)15-10-2-3-11-12(8-10)17-6-5-16-11/h2-4,7-9,15H,5-6H2,1H3. The predicted molar refractivity (Wildman–Crippen MR) is 71.6 cm³/mol. The number of anilines is 1. The Labute approximate surface area is 110 Å². The molecule has 2 aromatic rings. The summed E-state index contributed by atoms with van der Waals surface area (Å²) in [6, 6.07) is 6.09. The zero-order valence-electron chi connectivity index (χ0n) is 10.1. The van der Waals surface area contributed by atoms with E-state index in [-0.39, 0.29) is 6.04 Å². The average molecular weight is 262 g/mol. The summed E-state index contributed by atoms with van der Waals surface area (Å²) in [7, 11) is 0. The number of nitrogens with zero attached hydrogens (tertiary/aromatic N) is 1. The maximum atomic E-state index is 5.56. The van der Waals surface area contributed by atoms with Crippen molar-refractivity contribution < 1.29 is 9.47 Å². The molecule has 2 heterocycles. The second-order valence-electron chi connectivity index (χ2n) is 4.09. The monoisotopic (exact) mass is 262 g/mol. The van der Waals surface area contributed by atoms with E-state index in [1.165, 1.54) is 0 Å². The molecule has 0 bridgehead atoms. The molecule has 18 heavy (non-hydrogen) atoms. The Morgan fingerprint density at radius 3 is 2.89 bits per heavy atom. The second kappa shape index (κ2) is 4.86. The molecule has 4 nitrogen and oxygen atoms in total. The van der Waals surface area contributed by atoms with E-state index in [9.17, 15) is 0 Å². The van der Waals surface area contributed by atoms with Gasteiger partial charge in [-0.1, -0.05) is 0 Å². The molecule has 1 unspecified atom stereocenters. The third kappa shape index (κ3) is 2.26. The number of fused-ring (bicyclic) bond motifs is 1. The topological polar surface area (TPSA) is 43.4 Å². The number of ether oxygens (including phenoxy) is 2. The van der Waals surface area contributed by atoms with Crippen molar-refractivity contribution >= 4 is 17.0 Å². The van der Waals surface area contributed by atoms with Crippen LogP contribution in [-0.4, -0.2) is 18.2 Å². The molecule has 0 saturated heterocycles. The lowest BCUT2D eigenvalue weighted by Crippen LogP contribution is -2.15. The number of aromatic nitrogens is 1.